The average Bonchev–Trinajstić information content (AvgIpc) is 2.46. The largest absolute Gasteiger partial charge is 0.346 e. The van der Waals surface area contributed by atoms with Gasteiger partial charge in [-0.05, 0) is 48.2 Å². The van der Waals surface area contributed by atoms with Crippen LogP contribution in [0.4, 0.5) is 10.1 Å². The van der Waals surface area contributed by atoms with E-state index < -0.39 is 0 Å². The van der Waals surface area contributed by atoms with Crippen LogP contribution in [0, 0.1) is 5.82 Å². The van der Waals surface area contributed by atoms with Crippen LogP contribution in [0.15, 0.2) is 70.5 Å². The Morgan fingerprint density at radius 3 is 2.60 bits per heavy atom. The third kappa shape index (κ3) is 4.47. The second-order valence-electron chi connectivity index (χ2n) is 4.20. The first-order chi connectivity index (χ1) is 9.65. The Hall–Kier alpha value is -1.65. The zero-order valence-electron chi connectivity index (χ0n) is 11.0. The van der Waals surface area contributed by atoms with Crippen molar-refractivity contribution in [2.24, 2.45) is 0 Å². The first-order valence-corrected chi connectivity index (χ1v) is 7.39. The van der Waals surface area contributed by atoms with Crippen molar-refractivity contribution < 1.29 is 4.39 Å². The second-order valence-corrected chi connectivity index (χ2v) is 5.55. The van der Waals surface area contributed by atoms with Gasteiger partial charge in [0.15, 0.2) is 0 Å². The van der Waals surface area contributed by atoms with E-state index in [4.69, 9.17) is 12.2 Å². The summed E-state index contributed by atoms with van der Waals surface area (Å²) in [5.74, 6) is -0.280. The van der Waals surface area contributed by atoms with E-state index in [2.05, 4.69) is 5.32 Å². The quantitative estimate of drug-likeness (QED) is 0.470. The van der Waals surface area contributed by atoms with E-state index in [0.29, 0.717) is 10.7 Å². The number of anilines is 1. The molecular weight excluding hydrogens is 289 g/mol. The van der Waals surface area contributed by atoms with Gasteiger partial charge in [-0.1, -0.05) is 48.2 Å². The Morgan fingerprint density at radius 1 is 1.15 bits per heavy atom. The number of thioether (sulfide) groups is 1. The van der Waals surface area contributed by atoms with E-state index in [1.54, 1.807) is 23.9 Å². The van der Waals surface area contributed by atoms with Gasteiger partial charge in [-0.25, -0.2) is 4.39 Å². The van der Waals surface area contributed by atoms with Gasteiger partial charge in [-0.2, -0.15) is 0 Å². The van der Waals surface area contributed by atoms with E-state index in [0.717, 1.165) is 10.5 Å². The van der Waals surface area contributed by atoms with E-state index in [1.807, 2.05) is 42.7 Å². The zero-order chi connectivity index (χ0) is 14.4. The molecule has 2 aromatic rings. The van der Waals surface area contributed by atoms with Gasteiger partial charge in [0.05, 0.1) is 0 Å². The maximum Gasteiger partial charge on any atom is 0.125 e. The summed E-state index contributed by atoms with van der Waals surface area (Å²) in [6.45, 7) is 1.94. The average molecular weight is 303 g/mol. The van der Waals surface area contributed by atoms with E-state index in [1.165, 1.54) is 12.1 Å². The molecule has 0 bridgehead atoms. The Kier molecular flexibility index (Phi) is 5.32. The Morgan fingerprint density at radius 2 is 1.90 bits per heavy atom. The lowest BCUT2D eigenvalue weighted by atomic mass is 10.3. The number of hydrogen-bond acceptors (Lipinski definition) is 2. The Bertz CT molecular complexity index is 623. The molecule has 0 aromatic heterocycles. The van der Waals surface area contributed by atoms with Crippen LogP contribution in [0.25, 0.3) is 0 Å². The summed E-state index contributed by atoms with van der Waals surface area (Å²) >= 11 is 6.91. The molecule has 0 unspecified atom stereocenters. The van der Waals surface area contributed by atoms with Crippen molar-refractivity contribution in [3.63, 3.8) is 0 Å². The molecule has 102 valence electrons. The van der Waals surface area contributed by atoms with Crippen LogP contribution >= 0.6 is 24.0 Å². The third-order valence-electron chi connectivity index (χ3n) is 2.56. The highest BCUT2D eigenvalue weighted by Gasteiger charge is 2.01. The molecule has 0 fully saturated rings. The summed E-state index contributed by atoms with van der Waals surface area (Å²) in [5, 5.41) is 5.02. The number of rotatable bonds is 4. The molecule has 4 heteroatoms. The van der Waals surface area contributed by atoms with Gasteiger partial charge in [-0.15, -0.1) is 0 Å². The number of thiocarbonyl (C=S) groups is 1. The highest BCUT2D eigenvalue weighted by molar-refractivity contribution is 8.02. The van der Waals surface area contributed by atoms with Crippen LogP contribution in [-0.4, -0.2) is 4.99 Å². The monoisotopic (exact) mass is 303 g/mol. The summed E-state index contributed by atoms with van der Waals surface area (Å²) in [6, 6.07) is 16.3. The van der Waals surface area contributed by atoms with Crippen molar-refractivity contribution in [2.45, 2.75) is 11.8 Å². The summed E-state index contributed by atoms with van der Waals surface area (Å²) in [5.41, 5.74) is 1.60. The van der Waals surface area contributed by atoms with Crippen molar-refractivity contribution in [3.8, 4) is 0 Å². The predicted molar refractivity (Wildman–Crippen MR) is 88.7 cm³/mol. The third-order valence-corrected chi connectivity index (χ3v) is 4.00. The second kappa shape index (κ2) is 7.22. The Labute approximate surface area is 127 Å². The smallest absolute Gasteiger partial charge is 0.125 e. The standard InChI is InChI=1S/C16H14FNS2/c1-12(11-20-15-8-3-2-4-9-15)16(19)18-14-7-5-6-13(17)10-14/h2-11H,1H3,(H,18,19)/b12-11+. The highest BCUT2D eigenvalue weighted by atomic mass is 32.2. The van der Waals surface area contributed by atoms with E-state index in [9.17, 15) is 4.39 Å². The molecule has 20 heavy (non-hydrogen) atoms. The number of benzene rings is 2. The lowest BCUT2D eigenvalue weighted by molar-refractivity contribution is 0.628. The van der Waals surface area contributed by atoms with Gasteiger partial charge in [0, 0.05) is 10.6 Å². The number of hydrogen-bond donors (Lipinski definition) is 1. The lowest BCUT2D eigenvalue weighted by Crippen LogP contribution is -2.09. The van der Waals surface area contributed by atoms with Gasteiger partial charge in [0.25, 0.3) is 0 Å². The molecule has 2 aromatic carbocycles. The molecular formula is C16H14FNS2. The van der Waals surface area contributed by atoms with Crippen LogP contribution in [0.5, 0.6) is 0 Å². The minimum absolute atomic E-state index is 0.280. The molecule has 0 aliphatic rings. The Balaban J connectivity index is 1.98. The summed E-state index contributed by atoms with van der Waals surface area (Å²) in [7, 11) is 0. The fourth-order valence-electron chi connectivity index (χ4n) is 1.50. The number of nitrogens with one attached hydrogen (secondary N) is 1. The molecule has 1 N–H and O–H groups in total. The van der Waals surface area contributed by atoms with E-state index >= 15 is 0 Å². The zero-order valence-corrected chi connectivity index (χ0v) is 12.6. The van der Waals surface area contributed by atoms with Crippen molar-refractivity contribution in [1.29, 1.82) is 0 Å². The fraction of sp³-hybridized carbons (Fsp3) is 0.0625. The summed E-state index contributed by atoms with van der Waals surface area (Å²) in [4.78, 5) is 1.75. The number of halogens is 1. The summed E-state index contributed by atoms with van der Waals surface area (Å²) in [6.07, 6.45) is 0. The van der Waals surface area contributed by atoms with Crippen molar-refractivity contribution in [2.75, 3.05) is 5.32 Å². The SMILES string of the molecule is C/C(=C\Sc1ccccc1)C(=S)Nc1cccc(F)c1. The molecule has 0 atom stereocenters. The molecule has 0 spiro atoms. The molecule has 2 rings (SSSR count). The first kappa shape index (κ1) is 14.8. The first-order valence-electron chi connectivity index (χ1n) is 6.10. The van der Waals surface area contributed by atoms with Crippen molar-refractivity contribution >= 4 is 34.7 Å². The minimum Gasteiger partial charge on any atom is -0.346 e. The van der Waals surface area contributed by atoms with E-state index in [-0.39, 0.29) is 5.82 Å². The van der Waals surface area contributed by atoms with Crippen molar-refractivity contribution in [3.05, 3.63) is 71.4 Å². The van der Waals surface area contributed by atoms with Gasteiger partial charge in [0.1, 0.15) is 10.8 Å². The minimum atomic E-state index is -0.280. The van der Waals surface area contributed by atoms with Crippen LogP contribution in [0.3, 0.4) is 0 Å². The molecule has 0 amide bonds. The molecule has 0 aliphatic heterocycles. The normalized spacial score (nSPS) is 11.2. The molecule has 0 heterocycles. The molecule has 0 radical (unpaired) electrons. The highest BCUT2D eigenvalue weighted by Crippen LogP contribution is 2.21. The predicted octanol–water partition coefficient (Wildman–Crippen LogP) is 5.26. The van der Waals surface area contributed by atoms with Gasteiger partial charge < -0.3 is 5.32 Å². The van der Waals surface area contributed by atoms with Crippen LogP contribution in [-0.2, 0) is 0 Å². The van der Waals surface area contributed by atoms with Gasteiger partial charge in [-0.3, -0.25) is 0 Å². The maximum atomic E-state index is 13.1. The molecule has 0 aliphatic carbocycles. The maximum absolute atomic E-state index is 13.1. The molecule has 0 saturated carbocycles. The molecule has 1 nitrogen and oxygen atoms in total. The van der Waals surface area contributed by atoms with Crippen LogP contribution in [0.1, 0.15) is 6.92 Å². The van der Waals surface area contributed by atoms with Crippen molar-refractivity contribution in [1.82, 2.24) is 0 Å². The van der Waals surface area contributed by atoms with Crippen LogP contribution < -0.4 is 5.32 Å². The van der Waals surface area contributed by atoms with Gasteiger partial charge in [0.2, 0.25) is 0 Å². The van der Waals surface area contributed by atoms with Crippen LogP contribution in [0.2, 0.25) is 0 Å². The lowest BCUT2D eigenvalue weighted by Gasteiger charge is -2.08. The fourth-order valence-corrected chi connectivity index (χ4v) is 2.50. The van der Waals surface area contributed by atoms with Gasteiger partial charge >= 0.3 is 0 Å². The summed E-state index contributed by atoms with van der Waals surface area (Å²) < 4.78 is 13.1. The molecule has 0 saturated heterocycles. The topological polar surface area (TPSA) is 12.0 Å².